The van der Waals surface area contributed by atoms with Gasteiger partial charge in [0.15, 0.2) is 0 Å². The molecule has 0 saturated carbocycles. The van der Waals surface area contributed by atoms with Crippen molar-refractivity contribution in [3.8, 4) is 0 Å². The van der Waals surface area contributed by atoms with Gasteiger partial charge in [0.1, 0.15) is 0 Å². The zero-order valence-electron chi connectivity index (χ0n) is 18.2. The first kappa shape index (κ1) is 25.7. The third-order valence-corrected chi connectivity index (χ3v) is 4.63. The molecule has 0 aliphatic heterocycles. The number of ether oxygens (including phenoxy) is 2. The summed E-state index contributed by atoms with van der Waals surface area (Å²) in [6, 6.07) is 0. The lowest BCUT2D eigenvalue weighted by Gasteiger charge is -2.15. The Morgan fingerprint density at radius 2 is 0.926 bits per heavy atom. The second-order valence-corrected chi connectivity index (χ2v) is 7.20. The fraction of sp³-hybridized carbons (Fsp3) is 0.826. The molecule has 0 aliphatic rings. The van der Waals surface area contributed by atoms with E-state index in [4.69, 9.17) is 9.47 Å². The first-order chi connectivity index (χ1) is 13.1. The normalized spacial score (nSPS) is 11.9. The standard InChI is InChI=1S/C23H42O4/c1-5-9-13-14-15-17-21(23(25)27-19-12-8-4)20(16-10-6-2)22(24)26-18-11-7-3/h5-19H2,1-4H3/b21-20-. The Kier molecular flexibility index (Phi) is 17.2. The van der Waals surface area contributed by atoms with E-state index in [0.29, 0.717) is 37.2 Å². The third kappa shape index (κ3) is 12.6. The van der Waals surface area contributed by atoms with Gasteiger partial charge in [0, 0.05) is 11.1 Å². The molecule has 0 N–H and O–H groups in total. The minimum absolute atomic E-state index is 0.322. The quantitative estimate of drug-likeness (QED) is 0.163. The molecule has 27 heavy (non-hydrogen) atoms. The molecule has 0 saturated heterocycles. The highest BCUT2D eigenvalue weighted by atomic mass is 16.5. The highest BCUT2D eigenvalue weighted by molar-refractivity contribution is 6.00. The van der Waals surface area contributed by atoms with Gasteiger partial charge in [-0.2, -0.15) is 0 Å². The number of rotatable bonds is 17. The van der Waals surface area contributed by atoms with Crippen molar-refractivity contribution in [1.29, 1.82) is 0 Å². The number of hydrogen-bond donors (Lipinski definition) is 0. The molecule has 4 heteroatoms. The average molecular weight is 383 g/mol. The van der Waals surface area contributed by atoms with Gasteiger partial charge >= 0.3 is 11.9 Å². The monoisotopic (exact) mass is 382 g/mol. The lowest BCUT2D eigenvalue weighted by atomic mass is 9.97. The Hall–Kier alpha value is -1.32. The van der Waals surface area contributed by atoms with Crippen LogP contribution in [0.5, 0.6) is 0 Å². The van der Waals surface area contributed by atoms with Gasteiger partial charge in [0.05, 0.1) is 13.2 Å². The van der Waals surface area contributed by atoms with E-state index in [-0.39, 0.29) is 11.9 Å². The van der Waals surface area contributed by atoms with E-state index < -0.39 is 0 Å². The molecule has 0 spiro atoms. The Bertz CT molecular complexity index is 426. The van der Waals surface area contributed by atoms with E-state index in [1.165, 1.54) is 19.3 Å². The molecule has 0 fully saturated rings. The zero-order chi connectivity index (χ0) is 20.3. The van der Waals surface area contributed by atoms with Crippen molar-refractivity contribution in [3.05, 3.63) is 11.1 Å². The van der Waals surface area contributed by atoms with Gasteiger partial charge in [-0.15, -0.1) is 0 Å². The van der Waals surface area contributed by atoms with E-state index in [0.717, 1.165) is 51.4 Å². The lowest BCUT2D eigenvalue weighted by molar-refractivity contribution is -0.142. The highest BCUT2D eigenvalue weighted by Gasteiger charge is 2.22. The number of hydrogen-bond acceptors (Lipinski definition) is 4. The van der Waals surface area contributed by atoms with Crippen molar-refractivity contribution in [2.75, 3.05) is 13.2 Å². The van der Waals surface area contributed by atoms with Crippen molar-refractivity contribution < 1.29 is 19.1 Å². The fourth-order valence-corrected chi connectivity index (χ4v) is 2.80. The number of unbranched alkanes of at least 4 members (excludes halogenated alkanes) is 7. The van der Waals surface area contributed by atoms with Crippen LogP contribution >= 0.6 is 0 Å². The maximum atomic E-state index is 12.7. The van der Waals surface area contributed by atoms with Crippen LogP contribution in [0.25, 0.3) is 0 Å². The first-order valence-corrected chi connectivity index (χ1v) is 11.2. The summed E-state index contributed by atoms with van der Waals surface area (Å²) in [7, 11) is 0. The minimum Gasteiger partial charge on any atom is -0.462 e. The summed E-state index contributed by atoms with van der Waals surface area (Å²) >= 11 is 0. The molecule has 0 heterocycles. The van der Waals surface area contributed by atoms with Gasteiger partial charge in [-0.3, -0.25) is 0 Å². The SMILES string of the molecule is CCCCCCC/C(C(=O)OCCCC)=C(\CCCC)C(=O)OCCCC. The van der Waals surface area contributed by atoms with Crippen LogP contribution in [-0.4, -0.2) is 25.2 Å². The van der Waals surface area contributed by atoms with Gasteiger partial charge < -0.3 is 9.47 Å². The summed E-state index contributed by atoms with van der Waals surface area (Å²) in [6.45, 7) is 9.24. The summed E-state index contributed by atoms with van der Waals surface area (Å²) < 4.78 is 10.9. The molecule has 0 bridgehead atoms. The van der Waals surface area contributed by atoms with Crippen molar-refractivity contribution in [2.24, 2.45) is 0 Å². The van der Waals surface area contributed by atoms with Crippen molar-refractivity contribution in [2.45, 2.75) is 111 Å². The molecule has 0 radical (unpaired) electrons. The smallest absolute Gasteiger partial charge is 0.334 e. The molecule has 0 aliphatic carbocycles. The molecule has 4 nitrogen and oxygen atoms in total. The molecule has 0 amide bonds. The van der Waals surface area contributed by atoms with Crippen LogP contribution in [0.4, 0.5) is 0 Å². The van der Waals surface area contributed by atoms with Gasteiger partial charge in [-0.25, -0.2) is 9.59 Å². The van der Waals surface area contributed by atoms with E-state index in [1.54, 1.807) is 0 Å². The number of carbonyl (C=O) groups is 2. The molecule has 0 rings (SSSR count). The van der Waals surface area contributed by atoms with E-state index in [1.807, 2.05) is 0 Å². The third-order valence-electron chi connectivity index (χ3n) is 4.63. The van der Waals surface area contributed by atoms with E-state index >= 15 is 0 Å². The van der Waals surface area contributed by atoms with Gasteiger partial charge in [0.2, 0.25) is 0 Å². The molecule has 158 valence electrons. The maximum Gasteiger partial charge on any atom is 0.334 e. The summed E-state index contributed by atoms with van der Waals surface area (Å²) in [5.74, 6) is -0.648. The second kappa shape index (κ2) is 18.1. The van der Waals surface area contributed by atoms with Crippen LogP contribution in [0.3, 0.4) is 0 Å². The van der Waals surface area contributed by atoms with Crippen molar-refractivity contribution >= 4 is 11.9 Å². The molecule has 0 atom stereocenters. The van der Waals surface area contributed by atoms with Crippen LogP contribution in [0, 0.1) is 0 Å². The average Bonchev–Trinajstić information content (AvgIpc) is 2.66. The summed E-state index contributed by atoms with van der Waals surface area (Å²) in [5.41, 5.74) is 1.10. The topological polar surface area (TPSA) is 52.6 Å². The molecular weight excluding hydrogens is 340 g/mol. The van der Waals surface area contributed by atoms with E-state index in [2.05, 4.69) is 27.7 Å². The lowest BCUT2D eigenvalue weighted by Crippen LogP contribution is -2.18. The van der Waals surface area contributed by atoms with Crippen molar-refractivity contribution in [1.82, 2.24) is 0 Å². The Balaban J connectivity index is 5.25. The molecule has 0 aromatic heterocycles. The van der Waals surface area contributed by atoms with Crippen molar-refractivity contribution in [3.63, 3.8) is 0 Å². The largest absolute Gasteiger partial charge is 0.462 e. The summed E-state index contributed by atoms with van der Waals surface area (Å²) in [4.78, 5) is 25.3. The van der Waals surface area contributed by atoms with Crippen LogP contribution in [0.15, 0.2) is 11.1 Å². The van der Waals surface area contributed by atoms with Gasteiger partial charge in [-0.1, -0.05) is 72.6 Å². The number of esters is 2. The zero-order valence-corrected chi connectivity index (χ0v) is 18.2. The fourth-order valence-electron chi connectivity index (χ4n) is 2.80. The molecule has 0 aromatic carbocycles. The van der Waals surface area contributed by atoms with E-state index in [9.17, 15) is 9.59 Å². The second-order valence-electron chi connectivity index (χ2n) is 7.20. The minimum atomic E-state index is -0.326. The van der Waals surface area contributed by atoms with Gasteiger partial charge in [-0.05, 0) is 38.5 Å². The van der Waals surface area contributed by atoms with Crippen LogP contribution in [0.1, 0.15) is 111 Å². The predicted molar refractivity (Wildman–Crippen MR) is 112 cm³/mol. The molecule has 0 aromatic rings. The van der Waals surface area contributed by atoms with Crippen LogP contribution in [0.2, 0.25) is 0 Å². The Labute approximate surface area is 167 Å². The van der Waals surface area contributed by atoms with Gasteiger partial charge in [0.25, 0.3) is 0 Å². The number of carbonyl (C=O) groups excluding carboxylic acids is 2. The van der Waals surface area contributed by atoms with Crippen LogP contribution < -0.4 is 0 Å². The Morgan fingerprint density at radius 1 is 0.519 bits per heavy atom. The molecular formula is C23H42O4. The molecule has 0 unspecified atom stereocenters. The van der Waals surface area contributed by atoms with Crippen LogP contribution in [-0.2, 0) is 19.1 Å². The first-order valence-electron chi connectivity index (χ1n) is 11.2. The Morgan fingerprint density at radius 3 is 1.37 bits per heavy atom. The predicted octanol–water partition coefficient (Wildman–Crippen LogP) is 6.52. The maximum absolute atomic E-state index is 12.7. The summed E-state index contributed by atoms with van der Waals surface area (Å²) in [6.07, 6.45) is 12.2. The highest BCUT2D eigenvalue weighted by Crippen LogP contribution is 2.22. The summed E-state index contributed by atoms with van der Waals surface area (Å²) in [5, 5.41) is 0.